The molecule has 0 aromatic carbocycles. The minimum Gasteiger partial charge on any atom is -0.369 e. The summed E-state index contributed by atoms with van der Waals surface area (Å²) in [4.78, 5) is 16.5. The Hall–Kier alpha value is -2.11. The maximum absolute atomic E-state index is 11.6. The Balaban J connectivity index is 1.70. The van der Waals surface area contributed by atoms with E-state index in [1.807, 2.05) is 24.3 Å². The van der Waals surface area contributed by atoms with Gasteiger partial charge in [-0.05, 0) is 56.4 Å². The molecule has 0 spiro atoms. The minimum atomic E-state index is -0.145. The predicted molar refractivity (Wildman–Crippen MR) is 110 cm³/mol. The topological polar surface area (TPSA) is 78.7 Å². The SMILES string of the molecule is Cn1nccc1-c1ncn(C2CCC(C(N)=O)CC2)c1C1CCCC(C)(C)C1. The van der Waals surface area contributed by atoms with Crippen molar-refractivity contribution in [3.8, 4) is 11.4 Å². The van der Waals surface area contributed by atoms with Crippen molar-refractivity contribution in [1.29, 1.82) is 0 Å². The molecule has 6 nitrogen and oxygen atoms in total. The van der Waals surface area contributed by atoms with Crippen LogP contribution in [-0.4, -0.2) is 25.2 Å². The minimum absolute atomic E-state index is 0.0355. The Morgan fingerprint density at radius 1 is 1.21 bits per heavy atom. The van der Waals surface area contributed by atoms with Gasteiger partial charge in [0.25, 0.3) is 0 Å². The highest BCUT2D eigenvalue weighted by atomic mass is 16.1. The standard InChI is InChI=1S/C22H33N5O/c1-22(2)11-4-5-16(13-22)20-19(18-10-12-25-26(18)3)24-14-27(20)17-8-6-15(7-9-17)21(23)28/h10,12,14-17H,4-9,11,13H2,1-3H3,(H2,23,28). The summed E-state index contributed by atoms with van der Waals surface area (Å²) < 4.78 is 4.36. The lowest BCUT2D eigenvalue weighted by Crippen LogP contribution is -2.29. The number of imidazole rings is 1. The predicted octanol–water partition coefficient (Wildman–Crippen LogP) is 4.18. The molecule has 0 aliphatic heterocycles. The van der Waals surface area contributed by atoms with Crippen LogP contribution in [0.5, 0.6) is 0 Å². The zero-order chi connectivity index (χ0) is 19.9. The van der Waals surface area contributed by atoms with Crippen LogP contribution in [0.25, 0.3) is 11.4 Å². The van der Waals surface area contributed by atoms with E-state index in [4.69, 9.17) is 10.7 Å². The maximum Gasteiger partial charge on any atom is 0.220 e. The number of carbonyl (C=O) groups is 1. The quantitative estimate of drug-likeness (QED) is 0.860. The number of nitrogens with zero attached hydrogens (tertiary/aromatic N) is 4. The van der Waals surface area contributed by atoms with Gasteiger partial charge in [0.15, 0.2) is 0 Å². The van der Waals surface area contributed by atoms with Crippen molar-refractivity contribution < 1.29 is 4.79 Å². The van der Waals surface area contributed by atoms with E-state index >= 15 is 0 Å². The van der Waals surface area contributed by atoms with Crippen LogP contribution in [-0.2, 0) is 11.8 Å². The molecule has 2 aromatic rings. The molecule has 6 heteroatoms. The van der Waals surface area contributed by atoms with Crippen LogP contribution in [0.1, 0.15) is 82.9 Å². The van der Waals surface area contributed by atoms with Crippen molar-refractivity contribution in [2.45, 2.75) is 77.2 Å². The van der Waals surface area contributed by atoms with Crippen molar-refractivity contribution in [3.05, 3.63) is 24.3 Å². The van der Waals surface area contributed by atoms with Gasteiger partial charge in [-0.2, -0.15) is 5.10 Å². The third-order valence-corrected chi connectivity index (χ3v) is 6.98. The highest BCUT2D eigenvalue weighted by Crippen LogP contribution is 2.47. The van der Waals surface area contributed by atoms with Crippen LogP contribution in [0.15, 0.2) is 18.6 Å². The fourth-order valence-electron chi connectivity index (χ4n) is 5.44. The van der Waals surface area contributed by atoms with Crippen molar-refractivity contribution in [2.75, 3.05) is 0 Å². The van der Waals surface area contributed by atoms with Crippen molar-refractivity contribution in [1.82, 2.24) is 19.3 Å². The van der Waals surface area contributed by atoms with E-state index in [-0.39, 0.29) is 11.8 Å². The first-order valence-corrected chi connectivity index (χ1v) is 10.7. The first-order chi connectivity index (χ1) is 13.4. The van der Waals surface area contributed by atoms with Gasteiger partial charge in [-0.15, -0.1) is 0 Å². The first-order valence-electron chi connectivity index (χ1n) is 10.7. The molecular formula is C22H33N5O. The Labute approximate surface area is 167 Å². The van der Waals surface area contributed by atoms with E-state index < -0.39 is 0 Å². The molecule has 1 unspecified atom stereocenters. The number of primary amides is 1. The van der Waals surface area contributed by atoms with Crippen LogP contribution < -0.4 is 5.73 Å². The molecule has 1 amide bonds. The van der Waals surface area contributed by atoms with E-state index in [2.05, 4.69) is 29.6 Å². The van der Waals surface area contributed by atoms with E-state index in [1.165, 1.54) is 31.4 Å². The second-order valence-corrected chi connectivity index (χ2v) is 9.59. The van der Waals surface area contributed by atoms with Gasteiger partial charge in [0, 0.05) is 31.1 Å². The number of amides is 1. The second kappa shape index (κ2) is 7.37. The molecule has 152 valence electrons. The highest BCUT2D eigenvalue weighted by Gasteiger charge is 2.35. The molecule has 2 N–H and O–H groups in total. The molecule has 2 heterocycles. The van der Waals surface area contributed by atoms with Crippen molar-refractivity contribution >= 4 is 5.91 Å². The molecule has 2 fully saturated rings. The molecule has 2 saturated carbocycles. The number of aromatic nitrogens is 4. The van der Waals surface area contributed by atoms with Gasteiger partial charge in [0.05, 0.1) is 17.7 Å². The summed E-state index contributed by atoms with van der Waals surface area (Å²) >= 11 is 0. The van der Waals surface area contributed by atoms with E-state index in [0.29, 0.717) is 17.4 Å². The fourth-order valence-corrected chi connectivity index (χ4v) is 5.44. The van der Waals surface area contributed by atoms with Gasteiger partial charge in [-0.1, -0.05) is 20.3 Å². The Morgan fingerprint density at radius 3 is 2.57 bits per heavy atom. The molecular weight excluding hydrogens is 350 g/mol. The Kier molecular flexibility index (Phi) is 5.06. The normalized spacial score (nSPS) is 27.6. The lowest BCUT2D eigenvalue weighted by Gasteiger charge is -2.37. The summed E-state index contributed by atoms with van der Waals surface area (Å²) in [6, 6.07) is 2.47. The lowest BCUT2D eigenvalue weighted by molar-refractivity contribution is -0.122. The number of carbonyl (C=O) groups excluding carboxylic acids is 1. The summed E-state index contributed by atoms with van der Waals surface area (Å²) in [6.07, 6.45) is 12.6. The van der Waals surface area contributed by atoms with E-state index in [9.17, 15) is 4.79 Å². The van der Waals surface area contributed by atoms with Gasteiger partial charge in [0.1, 0.15) is 5.69 Å². The van der Waals surface area contributed by atoms with Gasteiger partial charge in [-0.3, -0.25) is 9.48 Å². The molecule has 2 aliphatic rings. The van der Waals surface area contributed by atoms with Crippen LogP contribution >= 0.6 is 0 Å². The summed E-state index contributed by atoms with van der Waals surface area (Å²) in [7, 11) is 1.99. The zero-order valence-corrected chi connectivity index (χ0v) is 17.4. The van der Waals surface area contributed by atoms with Crippen LogP contribution in [0.2, 0.25) is 0 Å². The smallest absolute Gasteiger partial charge is 0.220 e. The maximum atomic E-state index is 11.6. The van der Waals surface area contributed by atoms with E-state index in [1.54, 1.807) is 0 Å². The Morgan fingerprint density at radius 2 is 1.96 bits per heavy atom. The lowest BCUT2D eigenvalue weighted by atomic mass is 9.70. The average molecular weight is 384 g/mol. The molecule has 0 bridgehead atoms. The highest BCUT2D eigenvalue weighted by molar-refractivity contribution is 5.76. The summed E-state index contributed by atoms with van der Waals surface area (Å²) in [5.74, 6) is 0.410. The van der Waals surface area contributed by atoms with Crippen LogP contribution in [0.4, 0.5) is 0 Å². The first kappa shape index (κ1) is 19.2. The van der Waals surface area contributed by atoms with Gasteiger partial charge < -0.3 is 10.3 Å². The van der Waals surface area contributed by atoms with Crippen molar-refractivity contribution in [2.24, 2.45) is 24.1 Å². The monoisotopic (exact) mass is 383 g/mol. The van der Waals surface area contributed by atoms with Crippen LogP contribution in [0, 0.1) is 11.3 Å². The van der Waals surface area contributed by atoms with Gasteiger partial charge in [0.2, 0.25) is 5.91 Å². The molecule has 1 atom stereocenters. The molecule has 0 radical (unpaired) electrons. The molecule has 2 aromatic heterocycles. The molecule has 4 rings (SSSR count). The number of hydrogen-bond donors (Lipinski definition) is 1. The number of rotatable bonds is 4. The summed E-state index contributed by atoms with van der Waals surface area (Å²) in [6.45, 7) is 4.78. The molecule has 0 saturated heterocycles. The van der Waals surface area contributed by atoms with Gasteiger partial charge in [-0.25, -0.2) is 4.98 Å². The van der Waals surface area contributed by atoms with Crippen molar-refractivity contribution in [3.63, 3.8) is 0 Å². The average Bonchev–Trinajstić information content (AvgIpc) is 3.26. The Bertz CT molecular complexity index is 841. The van der Waals surface area contributed by atoms with Gasteiger partial charge >= 0.3 is 0 Å². The fraction of sp³-hybridized carbons (Fsp3) is 0.682. The second-order valence-electron chi connectivity index (χ2n) is 9.59. The zero-order valence-electron chi connectivity index (χ0n) is 17.4. The molecule has 28 heavy (non-hydrogen) atoms. The largest absolute Gasteiger partial charge is 0.369 e. The molecule has 2 aliphatic carbocycles. The van der Waals surface area contributed by atoms with Crippen LogP contribution in [0.3, 0.4) is 0 Å². The van der Waals surface area contributed by atoms with E-state index in [0.717, 1.165) is 37.1 Å². The third-order valence-electron chi connectivity index (χ3n) is 6.98. The number of nitrogens with two attached hydrogens (primary N) is 1. The summed E-state index contributed by atoms with van der Waals surface area (Å²) in [5, 5.41) is 4.37. The summed E-state index contributed by atoms with van der Waals surface area (Å²) in [5.41, 5.74) is 9.45. The number of hydrogen-bond acceptors (Lipinski definition) is 3. The number of aryl methyl sites for hydroxylation is 1. The third kappa shape index (κ3) is 3.61.